The summed E-state index contributed by atoms with van der Waals surface area (Å²) in [6, 6.07) is -0.410. The maximum atomic E-state index is 12.1. The Kier molecular flexibility index (Phi) is 13.1. The molecule has 0 aromatic carbocycles. The summed E-state index contributed by atoms with van der Waals surface area (Å²) < 4.78 is 0. The lowest BCUT2D eigenvalue weighted by atomic mass is 10.0. The van der Waals surface area contributed by atoms with Crippen LogP contribution in [0.4, 0.5) is 0 Å². The van der Waals surface area contributed by atoms with Gasteiger partial charge in [-0.1, -0.05) is 39.5 Å². The van der Waals surface area contributed by atoms with E-state index in [2.05, 4.69) is 17.2 Å². The molecule has 5 N–H and O–H groups in total. The Morgan fingerprint density at radius 3 is 2.26 bits per heavy atom. The van der Waals surface area contributed by atoms with E-state index in [1.54, 1.807) is 0 Å². The number of nitrogens with one attached hydrogen (secondary N) is 1. The maximum Gasteiger partial charge on any atom is 0.220 e. The molecule has 0 aliphatic carbocycles. The van der Waals surface area contributed by atoms with Crippen molar-refractivity contribution in [1.29, 1.82) is 0 Å². The summed E-state index contributed by atoms with van der Waals surface area (Å²) in [5.41, 5.74) is 10.6. The first kappa shape index (κ1) is 21.4. The van der Waals surface area contributed by atoms with Crippen molar-refractivity contribution < 1.29 is 9.59 Å². The van der Waals surface area contributed by atoms with Crippen LogP contribution < -0.4 is 16.8 Å². The van der Waals surface area contributed by atoms with Gasteiger partial charge in [-0.25, -0.2) is 0 Å². The normalized spacial score (nSPS) is 11.7. The third kappa shape index (κ3) is 12.6. The van der Waals surface area contributed by atoms with Crippen LogP contribution in [-0.2, 0) is 9.59 Å². The van der Waals surface area contributed by atoms with Crippen LogP contribution in [0, 0.1) is 0 Å². The number of hydrogen-bond acceptors (Lipinski definition) is 3. The van der Waals surface area contributed by atoms with Gasteiger partial charge < -0.3 is 16.8 Å². The molecular weight excluding hydrogens is 292 g/mol. The molecule has 0 rings (SSSR count). The zero-order valence-electron chi connectivity index (χ0n) is 14.8. The number of unbranched alkanes of at least 4 members (excludes halogenated alkanes) is 4. The molecule has 0 bridgehead atoms. The highest BCUT2D eigenvalue weighted by atomic mass is 16.2. The van der Waals surface area contributed by atoms with Crippen molar-refractivity contribution in [3.63, 3.8) is 0 Å². The predicted molar refractivity (Wildman–Crippen MR) is 95.1 cm³/mol. The maximum absolute atomic E-state index is 12.1. The van der Waals surface area contributed by atoms with Crippen molar-refractivity contribution in [2.24, 2.45) is 16.5 Å². The van der Waals surface area contributed by atoms with Crippen LogP contribution in [0.1, 0.15) is 78.1 Å². The van der Waals surface area contributed by atoms with E-state index >= 15 is 0 Å². The van der Waals surface area contributed by atoms with Gasteiger partial charge in [0.2, 0.25) is 5.91 Å². The molecule has 1 atom stereocenters. The van der Waals surface area contributed by atoms with E-state index in [4.69, 9.17) is 11.5 Å². The van der Waals surface area contributed by atoms with Crippen molar-refractivity contribution in [3.8, 4) is 0 Å². The van der Waals surface area contributed by atoms with Crippen molar-refractivity contribution >= 4 is 17.6 Å². The first-order chi connectivity index (χ1) is 11.0. The molecular formula is C17H34N4O2. The highest BCUT2D eigenvalue weighted by Gasteiger charge is 2.19. The monoisotopic (exact) mass is 326 g/mol. The minimum absolute atomic E-state index is 0.0298. The third-order valence-corrected chi connectivity index (χ3v) is 3.67. The Morgan fingerprint density at radius 1 is 0.957 bits per heavy atom. The fourth-order valence-electron chi connectivity index (χ4n) is 2.39. The number of ketones is 1. The standard InChI is InChI=1S/C17H34N4O2/c1-3-5-6-7-8-12-16(23)21-14(15(22)10-4-2)11-9-13-20-17(18)19/h14H,3-13H2,1-2H3,(H,21,23)(H4,18,19,20). The summed E-state index contributed by atoms with van der Waals surface area (Å²) >= 11 is 0. The Bertz CT molecular complexity index is 366. The molecule has 6 heteroatoms. The summed E-state index contributed by atoms with van der Waals surface area (Å²) in [5, 5.41) is 2.88. The minimum Gasteiger partial charge on any atom is -0.370 e. The number of amides is 1. The van der Waals surface area contributed by atoms with E-state index in [1.165, 1.54) is 19.3 Å². The van der Waals surface area contributed by atoms with E-state index < -0.39 is 6.04 Å². The molecule has 6 nitrogen and oxygen atoms in total. The van der Waals surface area contributed by atoms with Gasteiger partial charge in [-0.05, 0) is 25.7 Å². The molecule has 0 aliphatic rings. The van der Waals surface area contributed by atoms with Gasteiger partial charge in [0.15, 0.2) is 11.7 Å². The molecule has 0 radical (unpaired) electrons. The Morgan fingerprint density at radius 2 is 1.65 bits per heavy atom. The summed E-state index contributed by atoms with van der Waals surface area (Å²) in [5.74, 6) is 0.117. The number of hydrogen-bond donors (Lipinski definition) is 3. The first-order valence-corrected chi connectivity index (χ1v) is 8.88. The number of rotatable bonds is 14. The number of carbonyl (C=O) groups excluding carboxylic acids is 2. The topological polar surface area (TPSA) is 111 Å². The molecule has 0 saturated carbocycles. The van der Waals surface area contributed by atoms with Gasteiger partial charge in [0.1, 0.15) is 0 Å². The van der Waals surface area contributed by atoms with E-state index in [0.29, 0.717) is 32.2 Å². The largest absolute Gasteiger partial charge is 0.370 e. The lowest BCUT2D eigenvalue weighted by Crippen LogP contribution is -2.40. The van der Waals surface area contributed by atoms with Crippen LogP contribution in [0.5, 0.6) is 0 Å². The molecule has 1 unspecified atom stereocenters. The van der Waals surface area contributed by atoms with E-state index in [1.807, 2.05) is 6.92 Å². The van der Waals surface area contributed by atoms with Gasteiger partial charge in [-0.15, -0.1) is 0 Å². The lowest BCUT2D eigenvalue weighted by Gasteiger charge is -2.17. The number of guanidine groups is 1. The van der Waals surface area contributed by atoms with Crippen LogP contribution >= 0.6 is 0 Å². The van der Waals surface area contributed by atoms with Crippen molar-refractivity contribution in [2.45, 2.75) is 84.1 Å². The molecule has 0 spiro atoms. The van der Waals surface area contributed by atoms with Gasteiger partial charge in [-0.2, -0.15) is 0 Å². The molecule has 0 saturated heterocycles. The van der Waals surface area contributed by atoms with E-state index in [9.17, 15) is 9.59 Å². The van der Waals surface area contributed by atoms with E-state index in [0.717, 1.165) is 19.3 Å². The number of nitrogens with zero attached hydrogens (tertiary/aromatic N) is 1. The van der Waals surface area contributed by atoms with Crippen molar-refractivity contribution in [1.82, 2.24) is 5.32 Å². The van der Waals surface area contributed by atoms with Crippen LogP contribution in [0.2, 0.25) is 0 Å². The van der Waals surface area contributed by atoms with E-state index in [-0.39, 0.29) is 17.6 Å². The average Bonchev–Trinajstić information content (AvgIpc) is 2.50. The minimum atomic E-state index is -0.410. The summed E-state index contributed by atoms with van der Waals surface area (Å²) in [4.78, 5) is 28.0. The molecule has 0 aliphatic heterocycles. The average molecular weight is 326 g/mol. The first-order valence-electron chi connectivity index (χ1n) is 8.88. The molecule has 0 aromatic rings. The number of nitrogens with two attached hydrogens (primary N) is 2. The lowest BCUT2D eigenvalue weighted by molar-refractivity contribution is -0.128. The highest BCUT2D eigenvalue weighted by molar-refractivity contribution is 5.88. The molecule has 0 fully saturated rings. The van der Waals surface area contributed by atoms with Crippen LogP contribution in [0.15, 0.2) is 4.99 Å². The van der Waals surface area contributed by atoms with Gasteiger partial charge in [0.25, 0.3) is 0 Å². The number of aliphatic imine (C=N–C) groups is 1. The van der Waals surface area contributed by atoms with Gasteiger partial charge >= 0.3 is 0 Å². The van der Waals surface area contributed by atoms with Gasteiger partial charge in [0, 0.05) is 19.4 Å². The third-order valence-electron chi connectivity index (χ3n) is 3.67. The summed E-state index contributed by atoms with van der Waals surface area (Å²) in [7, 11) is 0. The molecule has 0 aromatic heterocycles. The second-order valence-electron chi connectivity index (χ2n) is 5.95. The highest BCUT2D eigenvalue weighted by Crippen LogP contribution is 2.07. The smallest absolute Gasteiger partial charge is 0.220 e. The summed E-state index contributed by atoms with van der Waals surface area (Å²) in [6.07, 6.45) is 8.55. The second kappa shape index (κ2) is 14.0. The molecule has 0 heterocycles. The van der Waals surface area contributed by atoms with Crippen LogP contribution in [0.25, 0.3) is 0 Å². The molecule has 134 valence electrons. The molecule has 23 heavy (non-hydrogen) atoms. The predicted octanol–water partition coefficient (Wildman–Crippen LogP) is 2.25. The quantitative estimate of drug-likeness (QED) is 0.258. The summed E-state index contributed by atoms with van der Waals surface area (Å²) in [6.45, 7) is 4.61. The van der Waals surface area contributed by atoms with Crippen molar-refractivity contribution in [2.75, 3.05) is 6.54 Å². The Balaban J connectivity index is 4.20. The van der Waals surface area contributed by atoms with Crippen molar-refractivity contribution in [3.05, 3.63) is 0 Å². The fraction of sp³-hybridized carbons (Fsp3) is 0.824. The van der Waals surface area contributed by atoms with Gasteiger partial charge in [0.05, 0.1) is 6.04 Å². The number of Topliss-reactive ketones (excluding diaryl/α,β-unsaturated/α-hetero) is 1. The zero-order chi connectivity index (χ0) is 17.5. The van der Waals surface area contributed by atoms with Crippen LogP contribution in [0.3, 0.4) is 0 Å². The Labute approximate surface area is 140 Å². The zero-order valence-corrected chi connectivity index (χ0v) is 14.8. The number of carbonyl (C=O) groups is 2. The van der Waals surface area contributed by atoms with Gasteiger partial charge in [-0.3, -0.25) is 14.6 Å². The SMILES string of the molecule is CCCCCCCC(=O)NC(CCCN=C(N)N)C(=O)CCC. The fourth-order valence-corrected chi connectivity index (χ4v) is 2.39. The molecule has 1 amide bonds. The Hall–Kier alpha value is -1.59. The second-order valence-corrected chi connectivity index (χ2v) is 5.95. The van der Waals surface area contributed by atoms with Crippen LogP contribution in [-0.4, -0.2) is 30.2 Å².